The number of esters is 2. The molecule has 1 aromatic rings. The number of hydrogen-bond acceptors (Lipinski definition) is 10. The second-order valence-electron chi connectivity index (χ2n) is 16.9. The Kier molecular flexibility index (Phi) is 11.9. The summed E-state index contributed by atoms with van der Waals surface area (Å²) in [5.41, 5.74) is -4.90. The zero-order chi connectivity index (χ0) is 39.4. The third-order valence-corrected chi connectivity index (χ3v) is 23.8. The highest BCUT2D eigenvalue weighted by atomic mass is 28.4. The first-order valence-corrected chi connectivity index (χ1v) is 25.0. The Hall–Kier alpha value is -2.20. The van der Waals surface area contributed by atoms with Gasteiger partial charge in [0.15, 0.2) is 28.0 Å². The number of aliphatic hydroxyl groups is 2. The Morgan fingerprint density at radius 1 is 0.906 bits per heavy atom. The highest BCUT2D eigenvalue weighted by Crippen LogP contribution is 2.65. The molecule has 5 rings (SSSR count). The van der Waals surface area contributed by atoms with Crippen LogP contribution in [0.25, 0.3) is 0 Å². The number of ether oxygens (including phenoxy) is 3. The number of aliphatic hydroxyl groups excluding tert-OH is 1. The maximum Gasteiger partial charge on any atom is 0.338 e. The molecule has 1 heterocycles. The summed E-state index contributed by atoms with van der Waals surface area (Å²) in [6, 6.07) is 13.5. The van der Waals surface area contributed by atoms with Gasteiger partial charge >= 0.3 is 11.9 Å². The van der Waals surface area contributed by atoms with Gasteiger partial charge in [0.25, 0.3) is 0 Å². The zero-order valence-corrected chi connectivity index (χ0v) is 35.9. The number of benzene rings is 1. The standard InChI is InChI=1S/C41H64O10Si2/c1-12-52(13-2,14-3)50-29-24-41(46)36(48-37(45)28-21-19-18-20-22-28)34-39(11,35(44)33(43)32(26(29)7)38(41,9)10)30(51-53(15-4,16-5)17-6)23-31-40(34,25-47-31)49-27(8)42/h18-22,29-31,33-34,36,43,46H,12-17,23-25H2,1-11H3/t29-,30-,31+,33+,34-,36-,39+,40+,41+/m0/s1. The van der Waals surface area contributed by atoms with E-state index in [1.807, 2.05) is 20.8 Å². The lowest BCUT2D eigenvalue weighted by Gasteiger charge is -2.68. The summed E-state index contributed by atoms with van der Waals surface area (Å²) in [6.45, 7) is 21.2. The molecule has 2 saturated carbocycles. The van der Waals surface area contributed by atoms with Crippen LogP contribution in [-0.2, 0) is 32.7 Å². The lowest BCUT2D eigenvalue weighted by atomic mass is 9.44. The molecule has 9 atom stereocenters. The Morgan fingerprint density at radius 3 is 1.94 bits per heavy atom. The van der Waals surface area contributed by atoms with Gasteiger partial charge in [-0.1, -0.05) is 73.6 Å². The Labute approximate surface area is 318 Å². The van der Waals surface area contributed by atoms with E-state index in [1.54, 1.807) is 37.3 Å². The highest BCUT2D eigenvalue weighted by molar-refractivity contribution is 6.74. The number of hydrogen-bond donors (Lipinski definition) is 2. The number of ketones is 1. The molecule has 1 aromatic carbocycles. The molecule has 0 unspecified atom stereocenters. The van der Waals surface area contributed by atoms with Crippen molar-refractivity contribution in [2.75, 3.05) is 6.61 Å². The van der Waals surface area contributed by atoms with Crippen molar-refractivity contribution < 1.29 is 47.7 Å². The van der Waals surface area contributed by atoms with Gasteiger partial charge in [0.05, 0.1) is 35.7 Å². The first-order chi connectivity index (χ1) is 24.9. The van der Waals surface area contributed by atoms with E-state index in [1.165, 1.54) is 6.92 Å². The number of carbonyl (C=O) groups excluding carboxylic acids is 3. The smallest absolute Gasteiger partial charge is 0.338 e. The molecular formula is C41H64O10Si2. The van der Waals surface area contributed by atoms with Crippen molar-refractivity contribution in [3.63, 3.8) is 0 Å². The minimum absolute atomic E-state index is 0.0368. The summed E-state index contributed by atoms with van der Waals surface area (Å²) in [5.74, 6) is -2.93. The predicted molar refractivity (Wildman–Crippen MR) is 207 cm³/mol. The van der Waals surface area contributed by atoms with Crippen LogP contribution in [0.4, 0.5) is 0 Å². The van der Waals surface area contributed by atoms with Crippen LogP contribution >= 0.6 is 0 Å². The van der Waals surface area contributed by atoms with Gasteiger partial charge in [-0.2, -0.15) is 0 Å². The normalized spacial score (nSPS) is 35.3. The van der Waals surface area contributed by atoms with Crippen molar-refractivity contribution in [2.24, 2.45) is 16.7 Å². The van der Waals surface area contributed by atoms with Gasteiger partial charge in [-0.25, -0.2) is 4.79 Å². The van der Waals surface area contributed by atoms with Crippen molar-refractivity contribution in [1.82, 2.24) is 0 Å². The molecule has 12 heteroatoms. The fourth-order valence-corrected chi connectivity index (χ4v) is 16.3. The van der Waals surface area contributed by atoms with Crippen LogP contribution < -0.4 is 0 Å². The van der Waals surface area contributed by atoms with Gasteiger partial charge in [0, 0.05) is 25.2 Å². The summed E-state index contributed by atoms with van der Waals surface area (Å²) in [5, 5.41) is 26.4. The maximum absolute atomic E-state index is 15.6. The van der Waals surface area contributed by atoms with Crippen LogP contribution in [-0.4, -0.2) is 92.9 Å². The van der Waals surface area contributed by atoms with Crippen molar-refractivity contribution >= 4 is 34.4 Å². The van der Waals surface area contributed by atoms with E-state index in [4.69, 9.17) is 23.1 Å². The predicted octanol–water partition coefficient (Wildman–Crippen LogP) is 7.14. The van der Waals surface area contributed by atoms with E-state index >= 15 is 4.79 Å². The van der Waals surface area contributed by atoms with Gasteiger partial charge in [-0.15, -0.1) is 0 Å². The number of rotatable bonds is 13. The average molecular weight is 773 g/mol. The summed E-state index contributed by atoms with van der Waals surface area (Å²) in [7, 11) is -4.76. The van der Waals surface area contributed by atoms with Gasteiger partial charge in [-0.3, -0.25) is 9.59 Å². The van der Waals surface area contributed by atoms with Crippen molar-refractivity contribution in [1.29, 1.82) is 0 Å². The molecule has 0 spiro atoms. The highest BCUT2D eigenvalue weighted by Gasteiger charge is 2.78. The van der Waals surface area contributed by atoms with Crippen LogP contribution in [0.1, 0.15) is 99.4 Å². The molecule has 3 aliphatic carbocycles. The molecule has 0 aromatic heterocycles. The van der Waals surface area contributed by atoms with E-state index in [-0.39, 0.29) is 25.0 Å². The van der Waals surface area contributed by atoms with Crippen LogP contribution in [0.3, 0.4) is 0 Å². The number of Topliss-reactive ketones (excluding diaryl/α,β-unsaturated/α-hetero) is 1. The molecule has 3 fully saturated rings. The SMILES string of the molecule is CC[Si](CC)(CC)O[C@H]1C[C@@]2(O)[C@@H](OC(=O)c3ccccc3)[C@@H]3[C@@]4(OC(C)=O)CO[C@@H]4C[C@H](O[Si](CC)(CC)CC)[C@@]3(C)C(=O)[C@H](O)C(=C1C)C2(C)C. The fourth-order valence-electron chi connectivity index (χ4n) is 10.5. The van der Waals surface area contributed by atoms with Gasteiger partial charge < -0.3 is 33.3 Å². The first-order valence-electron chi connectivity index (χ1n) is 19.9. The molecule has 1 aliphatic heterocycles. The molecule has 296 valence electrons. The van der Waals surface area contributed by atoms with E-state index in [9.17, 15) is 19.8 Å². The van der Waals surface area contributed by atoms with Gasteiger partial charge in [0.1, 0.15) is 23.9 Å². The lowest BCUT2D eigenvalue weighted by molar-refractivity contribution is -0.344. The summed E-state index contributed by atoms with van der Waals surface area (Å²) in [4.78, 5) is 43.1. The quantitative estimate of drug-likeness (QED) is 0.121. The average Bonchev–Trinajstić information content (AvgIpc) is 3.13. The fraction of sp³-hybridized carbons (Fsp3) is 0.732. The molecule has 2 N–H and O–H groups in total. The van der Waals surface area contributed by atoms with Gasteiger partial charge in [0.2, 0.25) is 0 Å². The Balaban J connectivity index is 1.86. The third-order valence-electron chi connectivity index (χ3n) is 14.5. The Bertz CT molecular complexity index is 1550. The Morgan fingerprint density at radius 2 is 1.45 bits per heavy atom. The van der Waals surface area contributed by atoms with Crippen LogP contribution in [0.2, 0.25) is 36.3 Å². The monoisotopic (exact) mass is 772 g/mol. The van der Waals surface area contributed by atoms with Crippen LogP contribution in [0.5, 0.6) is 0 Å². The molecular weight excluding hydrogens is 709 g/mol. The van der Waals surface area contributed by atoms with E-state index in [2.05, 4.69) is 41.5 Å². The molecule has 1 saturated heterocycles. The molecule has 10 nitrogen and oxygen atoms in total. The van der Waals surface area contributed by atoms with E-state index < -0.39 is 92.8 Å². The number of fused-ring (bicyclic) bond motifs is 5. The number of carbonyl (C=O) groups is 3. The van der Waals surface area contributed by atoms with E-state index in [0.717, 1.165) is 41.8 Å². The second-order valence-corrected chi connectivity index (χ2v) is 26.3. The largest absolute Gasteiger partial charge is 0.455 e. The zero-order valence-electron chi connectivity index (χ0n) is 33.9. The van der Waals surface area contributed by atoms with Crippen molar-refractivity contribution in [2.45, 2.75) is 167 Å². The summed E-state index contributed by atoms with van der Waals surface area (Å²) < 4.78 is 33.6. The van der Waals surface area contributed by atoms with Crippen LogP contribution in [0.15, 0.2) is 41.5 Å². The van der Waals surface area contributed by atoms with E-state index in [0.29, 0.717) is 5.57 Å². The van der Waals surface area contributed by atoms with Crippen LogP contribution in [0, 0.1) is 16.7 Å². The minimum Gasteiger partial charge on any atom is -0.455 e. The summed E-state index contributed by atoms with van der Waals surface area (Å²) in [6.07, 6.45) is -4.93. The molecule has 4 aliphatic rings. The summed E-state index contributed by atoms with van der Waals surface area (Å²) >= 11 is 0. The first kappa shape index (κ1) is 42.0. The lowest BCUT2D eigenvalue weighted by Crippen LogP contribution is -2.82. The topological polar surface area (TPSA) is 138 Å². The third kappa shape index (κ3) is 6.45. The van der Waals surface area contributed by atoms with Crippen molar-refractivity contribution in [3.8, 4) is 0 Å². The molecule has 53 heavy (non-hydrogen) atoms. The minimum atomic E-state index is -2.43. The second kappa shape index (κ2) is 15.0. The maximum atomic E-state index is 15.6. The molecule has 0 radical (unpaired) electrons. The molecule has 0 amide bonds. The molecule has 2 bridgehead atoms. The van der Waals surface area contributed by atoms with Gasteiger partial charge in [-0.05, 0) is 73.4 Å². The van der Waals surface area contributed by atoms with Crippen molar-refractivity contribution in [3.05, 3.63) is 47.0 Å².